The van der Waals surface area contributed by atoms with Crippen LogP contribution in [0, 0.1) is 11.8 Å². The molecular weight excluding hydrogens is 172 g/mol. The summed E-state index contributed by atoms with van der Waals surface area (Å²) in [7, 11) is 0. The number of nitrogens with zero attached hydrogens (tertiary/aromatic N) is 2. The third-order valence-corrected chi connectivity index (χ3v) is 1.97. The van der Waals surface area contributed by atoms with Gasteiger partial charge in [0.1, 0.15) is 0 Å². The van der Waals surface area contributed by atoms with E-state index in [0.29, 0.717) is 5.92 Å². The molecule has 1 heterocycles. The van der Waals surface area contributed by atoms with Crippen molar-refractivity contribution in [2.75, 3.05) is 0 Å². The molecule has 0 unspecified atom stereocenters. The molecule has 3 heteroatoms. The first-order valence-electron chi connectivity index (χ1n) is 3.73. The summed E-state index contributed by atoms with van der Waals surface area (Å²) in [6.07, 6.45) is 4.34. The highest BCUT2D eigenvalue weighted by Gasteiger charge is 2.24. The van der Waals surface area contributed by atoms with Crippen LogP contribution < -0.4 is 0 Å². The molecule has 0 saturated heterocycles. The largest absolute Gasteiger partial charge is 0.261 e. The Morgan fingerprint density at radius 3 is 2.67 bits per heavy atom. The number of nitriles is 1. The number of aromatic nitrogens is 1. The van der Waals surface area contributed by atoms with Crippen molar-refractivity contribution in [3.63, 3.8) is 0 Å². The lowest BCUT2D eigenvalue weighted by atomic mass is 10.2. The molecule has 1 aliphatic rings. The molecule has 0 N–H and O–H groups in total. The molecule has 0 amide bonds. The number of hydrogen-bond acceptors (Lipinski definition) is 2. The van der Waals surface area contributed by atoms with Gasteiger partial charge in [-0.3, -0.25) is 4.98 Å². The topological polar surface area (TPSA) is 36.7 Å². The predicted octanol–water partition coefficient (Wildman–Crippen LogP) is 2.75. The van der Waals surface area contributed by atoms with Crippen molar-refractivity contribution in [2.24, 2.45) is 0 Å². The molecule has 1 fully saturated rings. The lowest BCUT2D eigenvalue weighted by Crippen LogP contribution is -1.82. The first-order chi connectivity index (χ1) is 5.86. The molecule has 62 valence electrons. The van der Waals surface area contributed by atoms with Gasteiger partial charge in [0.05, 0.1) is 0 Å². The maximum atomic E-state index is 6.50. The first kappa shape index (κ1) is 9.02. The van der Waals surface area contributed by atoms with Crippen molar-refractivity contribution in [3.05, 3.63) is 29.0 Å². The van der Waals surface area contributed by atoms with E-state index >= 15 is 0 Å². The van der Waals surface area contributed by atoms with E-state index in [1.54, 1.807) is 6.20 Å². The van der Waals surface area contributed by atoms with Crippen LogP contribution in [0.1, 0.15) is 24.5 Å². The molecule has 0 aliphatic heterocycles. The molecule has 1 saturated carbocycles. The summed E-state index contributed by atoms with van der Waals surface area (Å²) in [6, 6.07) is 3.77. The van der Waals surface area contributed by atoms with E-state index in [-0.39, 0.29) is 0 Å². The maximum absolute atomic E-state index is 6.50. The molecule has 2 rings (SSSR count). The fourth-order valence-electron chi connectivity index (χ4n) is 1.02. The van der Waals surface area contributed by atoms with Crippen LogP contribution in [0.2, 0.25) is 5.02 Å². The van der Waals surface area contributed by atoms with Gasteiger partial charge in [-0.1, -0.05) is 11.6 Å². The van der Waals surface area contributed by atoms with Crippen LogP contribution in [0.15, 0.2) is 18.3 Å². The Hall–Kier alpha value is -1.07. The molecule has 1 aromatic heterocycles. The molecule has 0 bridgehead atoms. The summed E-state index contributed by atoms with van der Waals surface area (Å²) >= 11 is 5.78. The minimum absolute atomic E-state index is 0.707. The smallest absolute Gasteiger partial charge is 0.0462 e. The van der Waals surface area contributed by atoms with E-state index in [1.165, 1.54) is 12.8 Å². The van der Waals surface area contributed by atoms with Crippen LogP contribution in [-0.4, -0.2) is 4.98 Å². The van der Waals surface area contributed by atoms with Crippen molar-refractivity contribution >= 4 is 11.6 Å². The van der Waals surface area contributed by atoms with Gasteiger partial charge in [-0.05, 0) is 25.0 Å². The van der Waals surface area contributed by atoms with E-state index in [0.717, 1.165) is 10.7 Å². The second kappa shape index (κ2) is 4.08. The number of hydrogen-bond donors (Lipinski definition) is 0. The normalized spacial score (nSPS) is 14.6. The van der Waals surface area contributed by atoms with Crippen LogP contribution in [0.25, 0.3) is 0 Å². The van der Waals surface area contributed by atoms with E-state index in [1.807, 2.05) is 12.1 Å². The minimum atomic E-state index is 0.707. The third kappa shape index (κ3) is 2.21. The van der Waals surface area contributed by atoms with Crippen LogP contribution in [-0.2, 0) is 0 Å². The average Bonchev–Trinajstić information content (AvgIpc) is 2.90. The highest BCUT2D eigenvalue weighted by Crippen LogP contribution is 2.39. The summed E-state index contributed by atoms with van der Waals surface area (Å²) < 4.78 is 0. The molecule has 0 spiro atoms. The standard InChI is InChI=1S/C8H8ClN.CHN/c9-7-3-4-10-8(5-7)6-1-2-6;1-2/h3-6H,1-2H2;1H. The quantitative estimate of drug-likeness (QED) is 0.667. The van der Waals surface area contributed by atoms with Crippen LogP contribution >= 0.6 is 11.6 Å². The summed E-state index contributed by atoms with van der Waals surface area (Å²) in [5, 5.41) is 7.30. The van der Waals surface area contributed by atoms with Gasteiger partial charge < -0.3 is 0 Å². The number of halogens is 1. The van der Waals surface area contributed by atoms with Gasteiger partial charge in [0.25, 0.3) is 0 Å². The minimum Gasteiger partial charge on any atom is -0.261 e. The van der Waals surface area contributed by atoms with E-state index in [4.69, 9.17) is 16.9 Å². The Balaban J connectivity index is 0.000000336. The van der Waals surface area contributed by atoms with Gasteiger partial charge in [0.2, 0.25) is 0 Å². The average molecular weight is 181 g/mol. The summed E-state index contributed by atoms with van der Waals surface area (Å²) in [6.45, 7) is 3.50. The second-order valence-corrected chi connectivity index (χ2v) is 3.11. The van der Waals surface area contributed by atoms with Crippen molar-refractivity contribution in [2.45, 2.75) is 18.8 Å². The number of rotatable bonds is 1. The van der Waals surface area contributed by atoms with Gasteiger partial charge in [0, 0.05) is 29.4 Å². The predicted molar refractivity (Wildman–Crippen MR) is 47.9 cm³/mol. The molecule has 1 aliphatic carbocycles. The fourth-order valence-corrected chi connectivity index (χ4v) is 1.19. The first-order valence-corrected chi connectivity index (χ1v) is 4.11. The molecule has 12 heavy (non-hydrogen) atoms. The van der Waals surface area contributed by atoms with Crippen molar-refractivity contribution in [3.8, 4) is 6.57 Å². The SMILES string of the molecule is C#N.Clc1ccnc(C2CC2)c1. The summed E-state index contributed by atoms with van der Waals surface area (Å²) in [5.74, 6) is 0.707. The zero-order valence-corrected chi connectivity index (χ0v) is 7.33. The summed E-state index contributed by atoms with van der Waals surface area (Å²) in [4.78, 5) is 4.22. The van der Waals surface area contributed by atoms with Gasteiger partial charge in [-0.15, -0.1) is 0 Å². The monoisotopic (exact) mass is 180 g/mol. The molecule has 0 aromatic carbocycles. The highest BCUT2D eigenvalue weighted by molar-refractivity contribution is 6.30. The van der Waals surface area contributed by atoms with Crippen molar-refractivity contribution < 1.29 is 0 Å². The van der Waals surface area contributed by atoms with Gasteiger partial charge >= 0.3 is 0 Å². The number of pyridine rings is 1. The fraction of sp³-hybridized carbons (Fsp3) is 0.333. The Kier molecular flexibility index (Phi) is 3.07. The zero-order chi connectivity index (χ0) is 8.97. The van der Waals surface area contributed by atoms with Crippen LogP contribution in [0.3, 0.4) is 0 Å². The van der Waals surface area contributed by atoms with E-state index < -0.39 is 0 Å². The molecule has 2 nitrogen and oxygen atoms in total. The molecular formula is C9H9ClN2. The van der Waals surface area contributed by atoms with Gasteiger partial charge in [-0.2, -0.15) is 0 Å². The maximum Gasteiger partial charge on any atom is 0.0462 e. The Morgan fingerprint density at radius 1 is 1.50 bits per heavy atom. The Morgan fingerprint density at radius 2 is 2.17 bits per heavy atom. The van der Waals surface area contributed by atoms with Gasteiger partial charge in [-0.25, -0.2) is 5.26 Å². The highest BCUT2D eigenvalue weighted by atomic mass is 35.5. The van der Waals surface area contributed by atoms with Crippen LogP contribution in [0.4, 0.5) is 0 Å². The van der Waals surface area contributed by atoms with Gasteiger partial charge in [0.15, 0.2) is 0 Å². The van der Waals surface area contributed by atoms with Crippen molar-refractivity contribution in [1.82, 2.24) is 4.98 Å². The van der Waals surface area contributed by atoms with Crippen molar-refractivity contribution in [1.29, 1.82) is 5.26 Å². The zero-order valence-electron chi connectivity index (χ0n) is 6.57. The lowest BCUT2D eigenvalue weighted by Gasteiger charge is -1.94. The Labute approximate surface area is 76.8 Å². The third-order valence-electron chi connectivity index (χ3n) is 1.74. The Bertz CT molecular complexity index is 279. The van der Waals surface area contributed by atoms with Crippen LogP contribution in [0.5, 0.6) is 0 Å². The van der Waals surface area contributed by atoms with E-state index in [2.05, 4.69) is 11.6 Å². The molecule has 0 atom stereocenters. The molecule has 1 aromatic rings. The molecule has 0 radical (unpaired) electrons. The second-order valence-electron chi connectivity index (χ2n) is 2.67. The summed E-state index contributed by atoms with van der Waals surface area (Å²) in [5.41, 5.74) is 1.16. The lowest BCUT2D eigenvalue weighted by molar-refractivity contribution is 1.02. The van der Waals surface area contributed by atoms with E-state index in [9.17, 15) is 0 Å².